The van der Waals surface area contributed by atoms with Crippen molar-refractivity contribution in [3.63, 3.8) is 0 Å². The van der Waals surface area contributed by atoms with E-state index in [1.165, 1.54) is 72.9 Å². The molecule has 0 N–H and O–H groups in total. The summed E-state index contributed by atoms with van der Waals surface area (Å²) in [6.07, 6.45) is 14.6. The molecule has 1 saturated carbocycles. The maximum atomic E-state index is 4.63. The number of allylic oxidation sites excluding steroid dienone is 1. The molecule has 0 amide bonds. The molecule has 150 valence electrons. The van der Waals surface area contributed by atoms with Crippen LogP contribution in [0.1, 0.15) is 67.8 Å². The average molecular weight is 377 g/mol. The fourth-order valence-electron chi connectivity index (χ4n) is 3.91. The van der Waals surface area contributed by atoms with E-state index in [1.807, 2.05) is 6.20 Å². The van der Waals surface area contributed by atoms with Gasteiger partial charge >= 0.3 is 0 Å². The van der Waals surface area contributed by atoms with Crippen molar-refractivity contribution < 1.29 is 0 Å². The quantitative estimate of drug-likeness (QED) is 0.489. The summed E-state index contributed by atoms with van der Waals surface area (Å²) < 4.78 is 0. The summed E-state index contributed by atoms with van der Waals surface area (Å²) in [5.41, 5.74) is 7.96. The Hall–Kier alpha value is -2.09. The predicted molar refractivity (Wildman–Crippen MR) is 122 cm³/mol. The van der Waals surface area contributed by atoms with Crippen LogP contribution in [-0.4, -0.2) is 19.1 Å². The first-order valence-corrected chi connectivity index (χ1v) is 11.0. The minimum absolute atomic E-state index is 0.947. The monoisotopic (exact) mass is 376 g/mol. The van der Waals surface area contributed by atoms with E-state index in [2.05, 4.69) is 74.2 Å². The molecule has 0 saturated heterocycles. The van der Waals surface area contributed by atoms with Crippen LogP contribution in [0, 0.1) is 12.8 Å². The molecule has 2 heteroatoms. The van der Waals surface area contributed by atoms with Crippen LogP contribution in [0.25, 0.3) is 6.08 Å². The van der Waals surface area contributed by atoms with Gasteiger partial charge < -0.3 is 4.90 Å². The Morgan fingerprint density at radius 3 is 2.46 bits per heavy atom. The molecule has 0 aliphatic heterocycles. The summed E-state index contributed by atoms with van der Waals surface area (Å²) >= 11 is 0. The maximum absolute atomic E-state index is 4.63. The fourth-order valence-corrected chi connectivity index (χ4v) is 3.91. The van der Waals surface area contributed by atoms with Gasteiger partial charge in [-0.25, -0.2) is 0 Å². The standard InChI is InChI=1S/C26H36N2/c1-5-7-21-10-13-23(14-11-21)16-24(15-12-22-8-6-9-22)17-25-18-26(28(3)4)19-27-20(25)2/h10-11,13-14,17-19,22H,5-9,12,15-16H2,1-4H3/b24-17+. The Bertz CT molecular complexity index is 783. The molecule has 1 aliphatic rings. The first-order chi connectivity index (χ1) is 13.5. The highest BCUT2D eigenvalue weighted by Gasteiger charge is 2.17. The van der Waals surface area contributed by atoms with Crippen molar-refractivity contribution in [1.29, 1.82) is 0 Å². The summed E-state index contributed by atoms with van der Waals surface area (Å²) in [7, 11) is 4.16. The van der Waals surface area contributed by atoms with Crippen LogP contribution in [-0.2, 0) is 12.8 Å². The summed E-state index contributed by atoms with van der Waals surface area (Å²) in [5.74, 6) is 0.947. The van der Waals surface area contributed by atoms with Crippen LogP contribution in [0.5, 0.6) is 0 Å². The van der Waals surface area contributed by atoms with Crippen LogP contribution in [0.4, 0.5) is 5.69 Å². The second-order valence-electron chi connectivity index (χ2n) is 8.64. The fraction of sp³-hybridized carbons (Fsp3) is 0.500. The topological polar surface area (TPSA) is 16.1 Å². The number of aryl methyl sites for hydroxylation is 2. The van der Waals surface area contributed by atoms with E-state index in [0.717, 1.165) is 18.0 Å². The largest absolute Gasteiger partial charge is 0.376 e. The third kappa shape index (κ3) is 5.70. The van der Waals surface area contributed by atoms with Gasteiger partial charge in [0.1, 0.15) is 0 Å². The molecule has 0 atom stereocenters. The lowest BCUT2D eigenvalue weighted by Crippen LogP contribution is -2.11. The lowest BCUT2D eigenvalue weighted by molar-refractivity contribution is 0.296. The van der Waals surface area contributed by atoms with E-state index >= 15 is 0 Å². The third-order valence-electron chi connectivity index (χ3n) is 6.08. The lowest BCUT2D eigenvalue weighted by atomic mass is 9.80. The zero-order valence-corrected chi connectivity index (χ0v) is 18.2. The van der Waals surface area contributed by atoms with Crippen LogP contribution in [0.15, 0.2) is 42.1 Å². The predicted octanol–water partition coefficient (Wildman–Crippen LogP) is 6.61. The molecular formula is C26H36N2. The molecule has 0 bridgehead atoms. The average Bonchev–Trinajstić information content (AvgIpc) is 2.63. The molecule has 0 spiro atoms. The number of hydrogen-bond donors (Lipinski definition) is 0. The molecule has 2 nitrogen and oxygen atoms in total. The summed E-state index contributed by atoms with van der Waals surface area (Å²) in [6.45, 7) is 4.36. The van der Waals surface area contributed by atoms with Gasteiger partial charge in [-0.2, -0.15) is 0 Å². The smallest absolute Gasteiger partial charge is 0.0553 e. The van der Waals surface area contributed by atoms with Crippen molar-refractivity contribution in [2.24, 2.45) is 5.92 Å². The Kier molecular flexibility index (Phi) is 7.30. The normalized spacial score (nSPS) is 14.8. The summed E-state index contributed by atoms with van der Waals surface area (Å²) in [4.78, 5) is 6.76. The first kappa shape index (κ1) is 20.6. The molecule has 1 fully saturated rings. The number of nitrogens with zero attached hydrogens (tertiary/aromatic N) is 2. The van der Waals surface area contributed by atoms with Crippen molar-refractivity contribution >= 4 is 11.8 Å². The van der Waals surface area contributed by atoms with Gasteiger partial charge in [-0.1, -0.05) is 68.5 Å². The zero-order chi connectivity index (χ0) is 19.9. The highest BCUT2D eigenvalue weighted by molar-refractivity contribution is 5.61. The molecule has 3 rings (SSSR count). The SMILES string of the molecule is CCCc1ccc(C/C(=C/c2cc(N(C)C)cnc2C)CCC2CCC2)cc1. The van der Waals surface area contributed by atoms with Crippen molar-refractivity contribution in [1.82, 2.24) is 4.98 Å². The minimum Gasteiger partial charge on any atom is -0.376 e. The van der Waals surface area contributed by atoms with Crippen molar-refractivity contribution in [3.05, 3.63) is 64.5 Å². The van der Waals surface area contributed by atoms with E-state index in [1.54, 1.807) is 0 Å². The van der Waals surface area contributed by atoms with Crippen LogP contribution < -0.4 is 4.90 Å². The Balaban J connectivity index is 1.81. The van der Waals surface area contributed by atoms with Crippen LogP contribution in [0.3, 0.4) is 0 Å². The Morgan fingerprint density at radius 1 is 1.14 bits per heavy atom. The molecule has 1 aromatic heterocycles. The molecule has 1 heterocycles. The number of rotatable bonds is 9. The van der Waals surface area contributed by atoms with Crippen molar-refractivity contribution in [2.45, 2.75) is 65.2 Å². The van der Waals surface area contributed by atoms with Crippen LogP contribution >= 0.6 is 0 Å². The van der Waals surface area contributed by atoms with Crippen molar-refractivity contribution in [2.75, 3.05) is 19.0 Å². The van der Waals surface area contributed by atoms with E-state index < -0.39 is 0 Å². The van der Waals surface area contributed by atoms with E-state index in [0.29, 0.717) is 0 Å². The Morgan fingerprint density at radius 2 is 1.86 bits per heavy atom. The number of aromatic nitrogens is 1. The van der Waals surface area contributed by atoms with Gasteiger partial charge in [0, 0.05) is 19.8 Å². The third-order valence-corrected chi connectivity index (χ3v) is 6.08. The molecule has 0 radical (unpaired) electrons. The van der Waals surface area contributed by atoms with Gasteiger partial charge in [0.25, 0.3) is 0 Å². The Labute approximate surface area is 171 Å². The molecular weight excluding hydrogens is 340 g/mol. The minimum atomic E-state index is 0.947. The molecule has 0 unspecified atom stereocenters. The molecule has 1 aromatic carbocycles. The zero-order valence-electron chi connectivity index (χ0n) is 18.2. The van der Waals surface area contributed by atoms with E-state index in [9.17, 15) is 0 Å². The van der Waals surface area contributed by atoms with Gasteiger partial charge in [0.2, 0.25) is 0 Å². The number of benzene rings is 1. The molecule has 28 heavy (non-hydrogen) atoms. The second-order valence-corrected chi connectivity index (χ2v) is 8.64. The van der Waals surface area contributed by atoms with Gasteiger partial charge in [0.05, 0.1) is 11.9 Å². The number of hydrogen-bond acceptors (Lipinski definition) is 2. The summed E-state index contributed by atoms with van der Waals surface area (Å²) in [5, 5.41) is 0. The van der Waals surface area contributed by atoms with E-state index in [4.69, 9.17) is 0 Å². The van der Waals surface area contributed by atoms with Gasteiger partial charge in [-0.3, -0.25) is 4.98 Å². The van der Waals surface area contributed by atoms with Gasteiger partial charge in [-0.05, 0) is 61.3 Å². The number of pyridine rings is 1. The highest BCUT2D eigenvalue weighted by Crippen LogP contribution is 2.33. The number of anilines is 1. The molecule has 1 aliphatic carbocycles. The first-order valence-electron chi connectivity index (χ1n) is 11.0. The van der Waals surface area contributed by atoms with Gasteiger partial charge in [0.15, 0.2) is 0 Å². The lowest BCUT2D eigenvalue weighted by Gasteiger charge is -2.25. The second kappa shape index (κ2) is 9.91. The van der Waals surface area contributed by atoms with E-state index in [-0.39, 0.29) is 0 Å². The van der Waals surface area contributed by atoms with Crippen molar-refractivity contribution in [3.8, 4) is 0 Å². The van der Waals surface area contributed by atoms with Crippen LogP contribution in [0.2, 0.25) is 0 Å². The molecule has 2 aromatic rings. The van der Waals surface area contributed by atoms with Gasteiger partial charge in [-0.15, -0.1) is 0 Å². The highest BCUT2D eigenvalue weighted by atomic mass is 15.1. The maximum Gasteiger partial charge on any atom is 0.0553 e. The summed E-state index contributed by atoms with van der Waals surface area (Å²) in [6, 6.07) is 11.5.